The summed E-state index contributed by atoms with van der Waals surface area (Å²) >= 11 is 2.11. The Labute approximate surface area is 80.7 Å². The Hall–Kier alpha value is 0.310. The molecular weight excluding hydrogens is 166 g/mol. The van der Waals surface area contributed by atoms with Crippen LogP contribution in [0.3, 0.4) is 0 Å². The van der Waals surface area contributed by atoms with Crippen LogP contribution in [0.1, 0.15) is 33.6 Å². The summed E-state index contributed by atoms with van der Waals surface area (Å²) in [7, 11) is 0. The van der Waals surface area contributed by atoms with Gasteiger partial charge in [0, 0.05) is 0 Å². The van der Waals surface area contributed by atoms with Gasteiger partial charge in [-0.1, -0.05) is 27.2 Å². The van der Waals surface area contributed by atoms with Crippen LogP contribution >= 0.6 is 11.8 Å². The first-order valence-electron chi connectivity index (χ1n) is 5.09. The van der Waals surface area contributed by atoms with Gasteiger partial charge in [0.25, 0.3) is 0 Å². The second-order valence-corrected chi connectivity index (χ2v) is 5.21. The number of thioether (sulfide) groups is 1. The van der Waals surface area contributed by atoms with Crippen molar-refractivity contribution >= 4 is 11.8 Å². The maximum atomic E-state index is 3.62. The van der Waals surface area contributed by atoms with Gasteiger partial charge in [0.1, 0.15) is 0 Å². The highest BCUT2D eigenvalue weighted by Crippen LogP contribution is 2.26. The van der Waals surface area contributed by atoms with Crippen molar-refractivity contribution in [2.24, 2.45) is 11.8 Å². The van der Waals surface area contributed by atoms with Crippen LogP contribution in [-0.4, -0.2) is 17.7 Å². The van der Waals surface area contributed by atoms with E-state index in [9.17, 15) is 0 Å². The van der Waals surface area contributed by atoms with Crippen LogP contribution in [0.5, 0.6) is 0 Å². The van der Waals surface area contributed by atoms with Gasteiger partial charge in [0.15, 0.2) is 0 Å². The first kappa shape index (κ1) is 10.4. The quantitative estimate of drug-likeness (QED) is 0.729. The minimum Gasteiger partial charge on any atom is -0.305 e. The summed E-state index contributed by atoms with van der Waals surface area (Å²) in [4.78, 5) is 0. The van der Waals surface area contributed by atoms with Crippen molar-refractivity contribution in [2.75, 3.05) is 12.3 Å². The second-order valence-electron chi connectivity index (χ2n) is 4.03. The molecule has 1 fully saturated rings. The Balaban J connectivity index is 2.24. The van der Waals surface area contributed by atoms with E-state index in [2.05, 4.69) is 37.8 Å². The Morgan fingerprint density at radius 2 is 2.33 bits per heavy atom. The van der Waals surface area contributed by atoms with E-state index in [-0.39, 0.29) is 0 Å². The molecule has 0 aromatic rings. The second kappa shape index (κ2) is 5.13. The van der Waals surface area contributed by atoms with Gasteiger partial charge in [-0.05, 0) is 30.6 Å². The van der Waals surface area contributed by atoms with Gasteiger partial charge in [0.05, 0.1) is 5.37 Å². The van der Waals surface area contributed by atoms with Gasteiger partial charge in [0.2, 0.25) is 0 Å². The molecule has 0 radical (unpaired) electrons. The van der Waals surface area contributed by atoms with E-state index in [0.29, 0.717) is 0 Å². The lowest BCUT2D eigenvalue weighted by atomic mass is 10.1. The molecule has 1 aliphatic rings. The average molecular weight is 187 g/mol. The third-order valence-corrected chi connectivity index (χ3v) is 4.24. The zero-order valence-electron chi connectivity index (χ0n) is 8.47. The van der Waals surface area contributed by atoms with Crippen molar-refractivity contribution in [3.63, 3.8) is 0 Å². The molecule has 0 spiro atoms. The molecule has 0 amide bonds. The molecule has 2 heteroatoms. The summed E-state index contributed by atoms with van der Waals surface area (Å²) in [5, 5.41) is 4.34. The Kier molecular flexibility index (Phi) is 4.44. The zero-order valence-corrected chi connectivity index (χ0v) is 9.29. The van der Waals surface area contributed by atoms with Crippen LogP contribution in [0.15, 0.2) is 0 Å². The van der Waals surface area contributed by atoms with Gasteiger partial charge < -0.3 is 5.32 Å². The third-order valence-electron chi connectivity index (χ3n) is 2.49. The van der Waals surface area contributed by atoms with Gasteiger partial charge >= 0.3 is 0 Å². The Morgan fingerprint density at radius 1 is 1.58 bits per heavy atom. The van der Waals surface area contributed by atoms with E-state index >= 15 is 0 Å². The van der Waals surface area contributed by atoms with Crippen molar-refractivity contribution < 1.29 is 0 Å². The van der Waals surface area contributed by atoms with Crippen LogP contribution in [0.4, 0.5) is 0 Å². The molecule has 1 nitrogen and oxygen atoms in total. The van der Waals surface area contributed by atoms with Crippen LogP contribution in [-0.2, 0) is 0 Å². The predicted molar refractivity (Wildman–Crippen MR) is 57.5 cm³/mol. The van der Waals surface area contributed by atoms with E-state index in [1.54, 1.807) is 0 Å². The topological polar surface area (TPSA) is 12.0 Å². The molecule has 12 heavy (non-hydrogen) atoms. The monoisotopic (exact) mass is 187 g/mol. The molecule has 3 atom stereocenters. The number of hydrogen-bond donors (Lipinski definition) is 1. The highest BCUT2D eigenvalue weighted by atomic mass is 32.2. The first-order chi connectivity index (χ1) is 5.74. The summed E-state index contributed by atoms with van der Waals surface area (Å²) in [5.41, 5.74) is 0. The SMILES string of the molecule is CCCC(C)C1NCC(C)CS1. The maximum Gasteiger partial charge on any atom is 0.0558 e. The number of rotatable bonds is 3. The molecule has 0 aliphatic carbocycles. The molecule has 1 heterocycles. The van der Waals surface area contributed by atoms with E-state index in [0.717, 1.165) is 17.2 Å². The molecule has 1 rings (SSSR count). The molecule has 0 aromatic heterocycles. The van der Waals surface area contributed by atoms with Crippen molar-refractivity contribution in [3.8, 4) is 0 Å². The summed E-state index contributed by atoms with van der Waals surface area (Å²) in [6.07, 6.45) is 2.68. The van der Waals surface area contributed by atoms with Crippen LogP contribution in [0.25, 0.3) is 0 Å². The van der Waals surface area contributed by atoms with Crippen LogP contribution < -0.4 is 5.32 Å². The molecule has 1 saturated heterocycles. The van der Waals surface area contributed by atoms with E-state index in [1.807, 2.05) is 0 Å². The number of hydrogen-bond acceptors (Lipinski definition) is 2. The Bertz CT molecular complexity index is 119. The lowest BCUT2D eigenvalue weighted by Gasteiger charge is -2.31. The summed E-state index contributed by atoms with van der Waals surface area (Å²) in [5.74, 6) is 3.04. The van der Waals surface area contributed by atoms with Gasteiger partial charge in [-0.3, -0.25) is 0 Å². The van der Waals surface area contributed by atoms with Crippen LogP contribution in [0, 0.1) is 11.8 Å². The average Bonchev–Trinajstić information content (AvgIpc) is 2.06. The highest BCUT2D eigenvalue weighted by molar-refractivity contribution is 7.99. The number of nitrogens with one attached hydrogen (secondary N) is 1. The van der Waals surface area contributed by atoms with Crippen molar-refractivity contribution in [1.29, 1.82) is 0 Å². The fraction of sp³-hybridized carbons (Fsp3) is 1.00. The fourth-order valence-corrected chi connectivity index (χ4v) is 3.01. The molecule has 3 unspecified atom stereocenters. The van der Waals surface area contributed by atoms with E-state index in [4.69, 9.17) is 0 Å². The molecule has 0 aromatic carbocycles. The normalized spacial score (nSPS) is 33.2. The van der Waals surface area contributed by atoms with Gasteiger partial charge in [-0.25, -0.2) is 0 Å². The molecule has 1 N–H and O–H groups in total. The summed E-state index contributed by atoms with van der Waals surface area (Å²) < 4.78 is 0. The van der Waals surface area contributed by atoms with Crippen molar-refractivity contribution in [3.05, 3.63) is 0 Å². The summed E-state index contributed by atoms with van der Waals surface area (Å²) in [6, 6.07) is 0. The Morgan fingerprint density at radius 3 is 2.83 bits per heavy atom. The van der Waals surface area contributed by atoms with E-state index in [1.165, 1.54) is 25.1 Å². The molecular formula is C10H21NS. The van der Waals surface area contributed by atoms with Crippen LogP contribution in [0.2, 0.25) is 0 Å². The third kappa shape index (κ3) is 2.98. The van der Waals surface area contributed by atoms with Crippen molar-refractivity contribution in [1.82, 2.24) is 5.32 Å². The summed E-state index contributed by atoms with van der Waals surface area (Å²) in [6.45, 7) is 8.17. The maximum absolute atomic E-state index is 3.62. The minimum absolute atomic E-state index is 0.723. The highest BCUT2D eigenvalue weighted by Gasteiger charge is 2.22. The largest absolute Gasteiger partial charge is 0.305 e. The molecule has 0 bridgehead atoms. The lowest BCUT2D eigenvalue weighted by molar-refractivity contribution is 0.410. The smallest absolute Gasteiger partial charge is 0.0558 e. The minimum atomic E-state index is 0.723. The zero-order chi connectivity index (χ0) is 8.97. The van der Waals surface area contributed by atoms with Gasteiger partial charge in [-0.15, -0.1) is 11.8 Å². The van der Waals surface area contributed by atoms with E-state index < -0.39 is 0 Å². The molecule has 1 aliphatic heterocycles. The van der Waals surface area contributed by atoms with Crippen molar-refractivity contribution in [2.45, 2.75) is 39.0 Å². The molecule has 72 valence electrons. The first-order valence-corrected chi connectivity index (χ1v) is 6.14. The predicted octanol–water partition coefficient (Wildman–Crippen LogP) is 2.72. The van der Waals surface area contributed by atoms with Gasteiger partial charge in [-0.2, -0.15) is 0 Å². The standard InChI is InChI=1S/C10H21NS/c1-4-5-9(3)10-11-6-8(2)7-12-10/h8-11H,4-7H2,1-3H3. The fourth-order valence-electron chi connectivity index (χ4n) is 1.68. The molecule has 0 saturated carbocycles. The lowest BCUT2D eigenvalue weighted by Crippen LogP contribution is -2.40.